The molecule has 0 aliphatic heterocycles. The number of pyridine rings is 1. The number of carbonyl (C=O) groups is 2. The Labute approximate surface area is 122 Å². The van der Waals surface area contributed by atoms with Crippen molar-refractivity contribution in [2.24, 2.45) is 0 Å². The molecule has 0 aliphatic carbocycles. The fourth-order valence-electron chi connectivity index (χ4n) is 1.79. The molecule has 0 atom stereocenters. The van der Waals surface area contributed by atoms with Crippen molar-refractivity contribution in [3.63, 3.8) is 0 Å². The Balaban J connectivity index is 2.06. The minimum Gasteiger partial charge on any atom is -0.487 e. The summed E-state index contributed by atoms with van der Waals surface area (Å²) in [5, 5.41) is 0. The van der Waals surface area contributed by atoms with Gasteiger partial charge in [0.15, 0.2) is 6.29 Å². The molecule has 0 saturated heterocycles. The van der Waals surface area contributed by atoms with Crippen molar-refractivity contribution < 1.29 is 19.1 Å². The molecule has 0 N–H and O–H groups in total. The Bertz CT molecular complexity index is 650. The quantitative estimate of drug-likeness (QED) is 0.624. The van der Waals surface area contributed by atoms with E-state index in [0.717, 1.165) is 11.8 Å². The van der Waals surface area contributed by atoms with Crippen LogP contribution in [0.25, 0.3) is 0 Å². The minimum atomic E-state index is -0.434. The van der Waals surface area contributed by atoms with Crippen molar-refractivity contribution in [2.75, 3.05) is 7.11 Å². The molecule has 2 rings (SSSR count). The van der Waals surface area contributed by atoms with E-state index in [4.69, 9.17) is 4.74 Å². The smallest absolute Gasteiger partial charge is 0.339 e. The van der Waals surface area contributed by atoms with Crippen molar-refractivity contribution >= 4 is 12.3 Å². The molecule has 1 aromatic carbocycles. The number of hydrogen-bond donors (Lipinski definition) is 0. The summed E-state index contributed by atoms with van der Waals surface area (Å²) in [7, 11) is 1.32. The predicted octanol–water partition coefficient (Wildman–Crippen LogP) is 2.57. The van der Waals surface area contributed by atoms with Gasteiger partial charge in [0.25, 0.3) is 0 Å². The summed E-state index contributed by atoms with van der Waals surface area (Å²) in [6, 6.07) is 8.68. The number of rotatable bonds is 5. The van der Waals surface area contributed by atoms with E-state index in [1.54, 1.807) is 24.3 Å². The highest BCUT2D eigenvalue weighted by atomic mass is 16.5. The highest BCUT2D eigenvalue weighted by molar-refractivity contribution is 5.88. The molecular weight excluding hydrogens is 270 g/mol. The fraction of sp³-hybridized carbons (Fsp3) is 0.188. The van der Waals surface area contributed by atoms with Crippen LogP contribution in [0.4, 0.5) is 0 Å². The predicted molar refractivity (Wildman–Crippen MR) is 76.5 cm³/mol. The van der Waals surface area contributed by atoms with Crippen LogP contribution in [0.15, 0.2) is 36.5 Å². The first kappa shape index (κ1) is 14.7. The molecule has 0 radical (unpaired) electrons. The normalized spacial score (nSPS) is 10.0. The van der Waals surface area contributed by atoms with Crippen LogP contribution in [0.5, 0.6) is 5.75 Å². The van der Waals surface area contributed by atoms with Crippen molar-refractivity contribution in [3.05, 3.63) is 58.9 Å². The van der Waals surface area contributed by atoms with Gasteiger partial charge in [0.2, 0.25) is 0 Å². The van der Waals surface area contributed by atoms with E-state index in [9.17, 15) is 9.59 Å². The van der Waals surface area contributed by atoms with E-state index < -0.39 is 5.97 Å². The summed E-state index contributed by atoms with van der Waals surface area (Å²) < 4.78 is 10.2. The molecule has 0 amide bonds. The second-order valence-electron chi connectivity index (χ2n) is 4.48. The van der Waals surface area contributed by atoms with Crippen molar-refractivity contribution in [1.82, 2.24) is 4.98 Å². The summed E-state index contributed by atoms with van der Waals surface area (Å²) in [4.78, 5) is 26.4. The van der Waals surface area contributed by atoms with Gasteiger partial charge >= 0.3 is 5.97 Å². The number of nitrogens with zero attached hydrogens (tertiary/aromatic N) is 1. The lowest BCUT2D eigenvalue weighted by molar-refractivity contribution is 0.0600. The molecule has 21 heavy (non-hydrogen) atoms. The van der Waals surface area contributed by atoms with E-state index in [1.165, 1.54) is 13.3 Å². The number of aromatic nitrogens is 1. The number of aldehydes is 1. The average molecular weight is 285 g/mol. The van der Waals surface area contributed by atoms with Crippen LogP contribution in [-0.4, -0.2) is 24.3 Å². The third-order valence-electron chi connectivity index (χ3n) is 2.91. The highest BCUT2D eigenvalue weighted by Crippen LogP contribution is 2.19. The molecular formula is C16H15NO4. The lowest BCUT2D eigenvalue weighted by Crippen LogP contribution is -2.04. The Hall–Kier alpha value is -2.69. The van der Waals surface area contributed by atoms with Gasteiger partial charge in [-0.3, -0.25) is 9.78 Å². The number of ether oxygens (including phenoxy) is 2. The second kappa shape index (κ2) is 6.65. The molecule has 0 bridgehead atoms. The number of esters is 1. The third-order valence-corrected chi connectivity index (χ3v) is 2.91. The Morgan fingerprint density at radius 1 is 1.29 bits per heavy atom. The summed E-state index contributed by atoms with van der Waals surface area (Å²) in [5.41, 5.74) is 2.52. The minimum absolute atomic E-state index is 0.214. The zero-order chi connectivity index (χ0) is 15.2. The third kappa shape index (κ3) is 3.66. The zero-order valence-corrected chi connectivity index (χ0v) is 11.8. The summed E-state index contributed by atoms with van der Waals surface area (Å²) in [6.45, 7) is 2.12. The second-order valence-corrected chi connectivity index (χ2v) is 4.48. The van der Waals surface area contributed by atoms with E-state index in [2.05, 4.69) is 9.72 Å². The molecule has 1 aromatic heterocycles. The molecule has 0 unspecified atom stereocenters. The molecule has 0 fully saturated rings. The van der Waals surface area contributed by atoms with E-state index in [0.29, 0.717) is 22.6 Å². The van der Waals surface area contributed by atoms with Crippen LogP contribution in [-0.2, 0) is 11.3 Å². The van der Waals surface area contributed by atoms with Gasteiger partial charge in [0.1, 0.15) is 12.4 Å². The first-order valence-corrected chi connectivity index (χ1v) is 6.36. The van der Waals surface area contributed by atoms with Gasteiger partial charge in [-0.2, -0.15) is 0 Å². The molecule has 5 nitrogen and oxygen atoms in total. The first-order chi connectivity index (χ1) is 10.1. The number of hydrogen-bond acceptors (Lipinski definition) is 5. The monoisotopic (exact) mass is 285 g/mol. The molecule has 2 aromatic rings. The zero-order valence-electron chi connectivity index (χ0n) is 11.8. The maximum Gasteiger partial charge on any atom is 0.339 e. The Morgan fingerprint density at radius 3 is 2.71 bits per heavy atom. The fourth-order valence-corrected chi connectivity index (χ4v) is 1.79. The summed E-state index contributed by atoms with van der Waals surface area (Å²) >= 11 is 0. The van der Waals surface area contributed by atoms with Crippen molar-refractivity contribution in [3.8, 4) is 5.75 Å². The van der Waals surface area contributed by atoms with E-state index >= 15 is 0 Å². The van der Waals surface area contributed by atoms with Gasteiger partial charge in [0, 0.05) is 6.20 Å². The van der Waals surface area contributed by atoms with Crippen molar-refractivity contribution in [2.45, 2.75) is 13.5 Å². The Morgan fingerprint density at radius 2 is 2.10 bits per heavy atom. The van der Waals surface area contributed by atoms with Crippen LogP contribution in [0, 0.1) is 6.92 Å². The average Bonchev–Trinajstić information content (AvgIpc) is 2.53. The van der Waals surface area contributed by atoms with Gasteiger partial charge in [-0.25, -0.2) is 4.79 Å². The standard InChI is InChI=1S/C16H15NO4/c1-11-3-6-15(13(7-11)9-18)21-10-14-5-4-12(8-17-14)16(19)20-2/h3-9H,10H2,1-2H3. The van der Waals surface area contributed by atoms with Gasteiger partial charge in [0.05, 0.1) is 23.9 Å². The molecule has 0 spiro atoms. The number of benzene rings is 1. The van der Waals surface area contributed by atoms with Crippen LogP contribution in [0.1, 0.15) is 32.0 Å². The molecule has 108 valence electrons. The van der Waals surface area contributed by atoms with Crippen LogP contribution < -0.4 is 4.74 Å². The highest BCUT2D eigenvalue weighted by Gasteiger charge is 2.07. The lowest BCUT2D eigenvalue weighted by Gasteiger charge is -2.09. The summed E-state index contributed by atoms with van der Waals surface area (Å²) in [5.74, 6) is 0.0752. The SMILES string of the molecule is COC(=O)c1ccc(COc2ccc(C)cc2C=O)nc1. The van der Waals surface area contributed by atoms with Crippen LogP contribution in [0.3, 0.4) is 0 Å². The van der Waals surface area contributed by atoms with Gasteiger partial charge in [-0.05, 0) is 31.2 Å². The topological polar surface area (TPSA) is 65.5 Å². The molecule has 0 saturated carbocycles. The van der Waals surface area contributed by atoms with Gasteiger partial charge in [-0.1, -0.05) is 11.6 Å². The number of methoxy groups -OCH3 is 1. The largest absolute Gasteiger partial charge is 0.487 e. The van der Waals surface area contributed by atoms with Crippen molar-refractivity contribution in [1.29, 1.82) is 0 Å². The summed E-state index contributed by atoms with van der Waals surface area (Å²) in [6.07, 6.45) is 2.19. The Kier molecular flexibility index (Phi) is 4.66. The van der Waals surface area contributed by atoms with Crippen LogP contribution in [0.2, 0.25) is 0 Å². The number of carbonyl (C=O) groups excluding carboxylic acids is 2. The number of aryl methyl sites for hydroxylation is 1. The maximum atomic E-state index is 11.3. The lowest BCUT2D eigenvalue weighted by atomic mass is 10.1. The van der Waals surface area contributed by atoms with E-state index in [1.807, 2.05) is 13.0 Å². The maximum absolute atomic E-state index is 11.3. The van der Waals surface area contributed by atoms with Gasteiger partial charge in [-0.15, -0.1) is 0 Å². The first-order valence-electron chi connectivity index (χ1n) is 6.36. The van der Waals surface area contributed by atoms with Gasteiger partial charge < -0.3 is 9.47 Å². The molecule has 0 aliphatic rings. The van der Waals surface area contributed by atoms with Crippen LogP contribution >= 0.6 is 0 Å². The molecule has 5 heteroatoms. The molecule has 1 heterocycles. The van der Waals surface area contributed by atoms with E-state index in [-0.39, 0.29) is 6.61 Å².